The summed E-state index contributed by atoms with van der Waals surface area (Å²) in [5, 5.41) is 0. The van der Waals surface area contributed by atoms with Crippen molar-refractivity contribution in [1.82, 2.24) is 14.5 Å². The Balaban J connectivity index is 1.98. The second kappa shape index (κ2) is 12.0. The van der Waals surface area contributed by atoms with Gasteiger partial charge in [0.05, 0.1) is 13.0 Å². The maximum Gasteiger partial charge on any atom is 0.307 e. The summed E-state index contributed by atoms with van der Waals surface area (Å²) in [5.74, 6) is -0.759. The SMILES string of the molecule is CCOC(=O)CCN(CC1CCCN1CC)C(=O)CS(=O)(=O)NC1CCC(C)CC1. The van der Waals surface area contributed by atoms with E-state index in [0.29, 0.717) is 12.5 Å². The highest BCUT2D eigenvalue weighted by Crippen LogP contribution is 2.24. The summed E-state index contributed by atoms with van der Waals surface area (Å²) in [4.78, 5) is 28.6. The third-order valence-electron chi connectivity index (χ3n) is 6.26. The van der Waals surface area contributed by atoms with E-state index >= 15 is 0 Å². The van der Waals surface area contributed by atoms with Crippen LogP contribution < -0.4 is 4.72 Å². The first-order chi connectivity index (χ1) is 14.2. The molecule has 1 saturated carbocycles. The van der Waals surface area contributed by atoms with Gasteiger partial charge in [-0.15, -0.1) is 0 Å². The predicted molar refractivity (Wildman–Crippen MR) is 116 cm³/mol. The number of hydrogen-bond donors (Lipinski definition) is 1. The molecule has 1 N–H and O–H groups in total. The van der Waals surface area contributed by atoms with E-state index in [9.17, 15) is 18.0 Å². The highest BCUT2D eigenvalue weighted by atomic mass is 32.2. The van der Waals surface area contributed by atoms with Gasteiger partial charge in [0.15, 0.2) is 0 Å². The topological polar surface area (TPSA) is 96.0 Å². The molecule has 2 aliphatic rings. The fraction of sp³-hybridized carbons (Fsp3) is 0.905. The van der Waals surface area contributed by atoms with Gasteiger partial charge >= 0.3 is 5.97 Å². The molecule has 1 atom stereocenters. The first kappa shape index (κ1) is 25.1. The van der Waals surface area contributed by atoms with Gasteiger partial charge in [0, 0.05) is 25.2 Å². The Bertz CT molecular complexity index is 662. The number of hydrogen-bond acceptors (Lipinski definition) is 6. The molecule has 8 nitrogen and oxygen atoms in total. The van der Waals surface area contributed by atoms with Crippen molar-refractivity contribution in [3.8, 4) is 0 Å². The quantitative estimate of drug-likeness (QED) is 0.487. The van der Waals surface area contributed by atoms with Crippen molar-refractivity contribution >= 4 is 21.9 Å². The van der Waals surface area contributed by atoms with E-state index in [2.05, 4.69) is 23.5 Å². The highest BCUT2D eigenvalue weighted by molar-refractivity contribution is 7.90. The summed E-state index contributed by atoms with van der Waals surface area (Å²) in [6.07, 6.45) is 5.75. The van der Waals surface area contributed by atoms with Gasteiger partial charge < -0.3 is 9.64 Å². The van der Waals surface area contributed by atoms with Gasteiger partial charge in [-0.3, -0.25) is 14.5 Å². The number of esters is 1. The Morgan fingerprint density at radius 2 is 1.83 bits per heavy atom. The monoisotopic (exact) mass is 445 g/mol. The van der Waals surface area contributed by atoms with Crippen LogP contribution in [0.4, 0.5) is 0 Å². The molecule has 2 rings (SSSR count). The average molecular weight is 446 g/mol. The smallest absolute Gasteiger partial charge is 0.307 e. The molecule has 0 aromatic rings. The summed E-state index contributed by atoms with van der Waals surface area (Å²) in [7, 11) is -3.72. The number of sulfonamides is 1. The van der Waals surface area contributed by atoms with Gasteiger partial charge in [0.2, 0.25) is 15.9 Å². The average Bonchev–Trinajstić information content (AvgIpc) is 3.13. The molecule has 9 heteroatoms. The molecule has 0 aromatic heterocycles. The summed E-state index contributed by atoms with van der Waals surface area (Å²) in [6, 6.07) is 0.119. The number of likely N-dealkylation sites (tertiary alicyclic amines) is 1. The molecule has 0 aromatic carbocycles. The Kier molecular flexibility index (Phi) is 10.0. The molecule has 1 amide bonds. The lowest BCUT2D eigenvalue weighted by Gasteiger charge is -2.31. The lowest BCUT2D eigenvalue weighted by atomic mass is 9.88. The van der Waals surface area contributed by atoms with Crippen molar-refractivity contribution in [2.45, 2.75) is 77.8 Å². The highest BCUT2D eigenvalue weighted by Gasteiger charge is 2.30. The number of ether oxygens (including phenoxy) is 1. The van der Waals surface area contributed by atoms with Crippen LogP contribution in [0, 0.1) is 5.92 Å². The normalized spacial score (nSPS) is 25.2. The first-order valence-corrected chi connectivity index (χ1v) is 13.1. The van der Waals surface area contributed by atoms with Crippen LogP contribution in [-0.4, -0.2) is 80.7 Å². The van der Waals surface area contributed by atoms with Crippen LogP contribution in [0.5, 0.6) is 0 Å². The van der Waals surface area contributed by atoms with Gasteiger partial charge in [-0.05, 0) is 64.5 Å². The van der Waals surface area contributed by atoms with Crippen molar-refractivity contribution < 1.29 is 22.7 Å². The van der Waals surface area contributed by atoms with Crippen LogP contribution in [0.25, 0.3) is 0 Å². The second-order valence-electron chi connectivity index (χ2n) is 8.65. The Morgan fingerprint density at radius 3 is 2.47 bits per heavy atom. The number of amides is 1. The largest absolute Gasteiger partial charge is 0.466 e. The van der Waals surface area contributed by atoms with Crippen molar-refractivity contribution in [1.29, 1.82) is 0 Å². The van der Waals surface area contributed by atoms with E-state index in [1.54, 1.807) is 6.92 Å². The van der Waals surface area contributed by atoms with E-state index in [-0.39, 0.29) is 37.6 Å². The zero-order chi connectivity index (χ0) is 22.1. The summed E-state index contributed by atoms with van der Waals surface area (Å²) < 4.78 is 33.0. The summed E-state index contributed by atoms with van der Waals surface area (Å²) >= 11 is 0. The molecule has 0 radical (unpaired) electrons. The van der Waals surface area contributed by atoms with E-state index < -0.39 is 21.7 Å². The van der Waals surface area contributed by atoms with Crippen LogP contribution >= 0.6 is 0 Å². The minimum absolute atomic E-state index is 0.0758. The molecule has 174 valence electrons. The standard InChI is InChI=1S/C21H39N3O5S/c1-4-23-13-6-7-19(23)15-24(14-12-21(26)29-5-2)20(25)16-30(27,28)22-18-10-8-17(3)9-11-18/h17-19,22H,4-16H2,1-3H3. The number of carbonyl (C=O) groups is 2. The zero-order valence-corrected chi connectivity index (χ0v) is 19.6. The van der Waals surface area contributed by atoms with Crippen molar-refractivity contribution in [2.24, 2.45) is 5.92 Å². The van der Waals surface area contributed by atoms with Crippen molar-refractivity contribution in [3.63, 3.8) is 0 Å². The Morgan fingerprint density at radius 1 is 1.13 bits per heavy atom. The number of nitrogens with one attached hydrogen (secondary N) is 1. The molecule has 2 fully saturated rings. The predicted octanol–water partition coefficient (Wildman–Crippen LogP) is 1.75. The fourth-order valence-corrected chi connectivity index (χ4v) is 5.81. The minimum atomic E-state index is -3.72. The minimum Gasteiger partial charge on any atom is -0.466 e. The van der Waals surface area contributed by atoms with Gasteiger partial charge in [-0.2, -0.15) is 0 Å². The van der Waals surface area contributed by atoms with E-state index in [1.165, 1.54) is 4.90 Å². The van der Waals surface area contributed by atoms with Crippen LogP contribution in [0.3, 0.4) is 0 Å². The maximum absolute atomic E-state index is 12.9. The first-order valence-electron chi connectivity index (χ1n) is 11.4. The number of likely N-dealkylation sites (N-methyl/N-ethyl adjacent to an activating group) is 1. The molecule has 1 aliphatic heterocycles. The molecule has 1 heterocycles. The summed E-state index contributed by atoms with van der Waals surface area (Å²) in [5.41, 5.74) is 0. The number of rotatable bonds is 11. The van der Waals surface area contributed by atoms with E-state index in [0.717, 1.165) is 51.6 Å². The fourth-order valence-electron chi connectivity index (χ4n) is 4.48. The Labute approximate surface area is 181 Å². The Hall–Kier alpha value is -1.19. The molecule has 0 bridgehead atoms. The molecule has 1 unspecified atom stereocenters. The van der Waals surface area contributed by atoms with Crippen molar-refractivity contribution in [2.75, 3.05) is 38.5 Å². The van der Waals surface area contributed by atoms with Gasteiger partial charge in [-0.1, -0.05) is 13.8 Å². The van der Waals surface area contributed by atoms with E-state index in [1.807, 2.05) is 0 Å². The van der Waals surface area contributed by atoms with Gasteiger partial charge in [0.25, 0.3) is 0 Å². The lowest BCUT2D eigenvalue weighted by molar-refractivity contribution is -0.144. The van der Waals surface area contributed by atoms with Crippen LogP contribution in [0.15, 0.2) is 0 Å². The van der Waals surface area contributed by atoms with Gasteiger partial charge in [-0.25, -0.2) is 13.1 Å². The van der Waals surface area contributed by atoms with Gasteiger partial charge in [0.1, 0.15) is 5.75 Å². The molecule has 1 saturated heterocycles. The van der Waals surface area contributed by atoms with Crippen LogP contribution in [0.1, 0.15) is 65.7 Å². The molecule has 0 spiro atoms. The maximum atomic E-state index is 12.9. The van der Waals surface area contributed by atoms with E-state index in [4.69, 9.17) is 4.74 Å². The third kappa shape index (κ3) is 8.15. The lowest BCUT2D eigenvalue weighted by Crippen LogP contribution is -2.48. The zero-order valence-electron chi connectivity index (χ0n) is 18.8. The molecule has 1 aliphatic carbocycles. The van der Waals surface area contributed by atoms with Crippen LogP contribution in [0.2, 0.25) is 0 Å². The third-order valence-corrected chi connectivity index (χ3v) is 7.58. The molecular formula is C21H39N3O5S. The van der Waals surface area contributed by atoms with Crippen molar-refractivity contribution in [3.05, 3.63) is 0 Å². The molecule has 30 heavy (non-hydrogen) atoms. The summed E-state index contributed by atoms with van der Waals surface area (Å²) in [6.45, 7) is 8.80. The number of carbonyl (C=O) groups excluding carboxylic acids is 2. The molecular weight excluding hydrogens is 406 g/mol. The second-order valence-corrected chi connectivity index (χ2v) is 10.4. The number of nitrogens with zero attached hydrogens (tertiary/aromatic N) is 2. The van der Waals surface area contributed by atoms with Crippen LogP contribution in [-0.2, 0) is 24.3 Å².